The molecule has 0 amide bonds. The van der Waals surface area contributed by atoms with Crippen molar-refractivity contribution < 1.29 is 14.2 Å². The summed E-state index contributed by atoms with van der Waals surface area (Å²) in [5, 5.41) is 0.877. The van der Waals surface area contributed by atoms with Crippen molar-refractivity contribution in [3.63, 3.8) is 0 Å². The first-order chi connectivity index (χ1) is 8.20. The van der Waals surface area contributed by atoms with Crippen LogP contribution < -0.4 is 0 Å². The smallest absolute Gasteiger partial charge is 0.0704 e. The lowest BCUT2D eigenvalue weighted by Crippen LogP contribution is -2.18. The average molecular weight is 309 g/mol. The Morgan fingerprint density at radius 2 is 1.88 bits per heavy atom. The van der Waals surface area contributed by atoms with E-state index >= 15 is 0 Å². The van der Waals surface area contributed by atoms with Gasteiger partial charge in [0, 0.05) is 12.4 Å². The summed E-state index contributed by atoms with van der Waals surface area (Å²) in [4.78, 5) is 0. The van der Waals surface area contributed by atoms with Gasteiger partial charge in [0.1, 0.15) is 0 Å². The first-order valence-corrected chi connectivity index (χ1v) is 7.20. The van der Waals surface area contributed by atoms with Crippen LogP contribution in [-0.2, 0) is 14.2 Å². The highest BCUT2D eigenvalue weighted by molar-refractivity contribution is 9.09. The quantitative estimate of drug-likeness (QED) is 0.333. The van der Waals surface area contributed by atoms with E-state index < -0.39 is 0 Å². The first kappa shape index (κ1) is 17.1. The molecule has 1 atom stereocenters. The molecule has 0 fully saturated rings. The van der Waals surface area contributed by atoms with Crippen LogP contribution in [0, 0.1) is 0 Å². The monoisotopic (exact) mass is 308 g/mol. The summed E-state index contributed by atoms with van der Waals surface area (Å²) in [6.45, 7) is 6.80. The Morgan fingerprint density at radius 3 is 2.47 bits per heavy atom. The van der Waals surface area contributed by atoms with Crippen LogP contribution in [0.25, 0.3) is 0 Å². The standard InChI is InChI=1S/C13H25BrO3/c1-12(2)5-4-6-13(11-14)17-10-9-16-8-7-15-3/h5,13H,4,6-11H2,1-3H3. The highest BCUT2D eigenvalue weighted by Crippen LogP contribution is 2.08. The zero-order valence-electron chi connectivity index (χ0n) is 11.2. The predicted molar refractivity (Wildman–Crippen MR) is 74.9 cm³/mol. The van der Waals surface area contributed by atoms with Crippen LogP contribution in [-0.4, -0.2) is 45.0 Å². The molecule has 0 bridgehead atoms. The van der Waals surface area contributed by atoms with E-state index in [9.17, 15) is 0 Å². The van der Waals surface area contributed by atoms with Crippen LogP contribution in [0.3, 0.4) is 0 Å². The Kier molecular flexibility index (Phi) is 12.6. The summed E-state index contributed by atoms with van der Waals surface area (Å²) >= 11 is 3.47. The molecule has 0 N–H and O–H groups in total. The molecule has 0 heterocycles. The number of hydrogen-bond acceptors (Lipinski definition) is 3. The molecule has 4 heteroatoms. The van der Waals surface area contributed by atoms with E-state index in [1.54, 1.807) is 7.11 Å². The SMILES string of the molecule is COCCOCCOC(CBr)CCC=C(C)C. The zero-order valence-corrected chi connectivity index (χ0v) is 12.8. The molecule has 0 aliphatic rings. The number of allylic oxidation sites excluding steroid dienone is 2. The molecule has 0 aromatic rings. The van der Waals surface area contributed by atoms with Crippen molar-refractivity contribution in [3.05, 3.63) is 11.6 Å². The lowest BCUT2D eigenvalue weighted by atomic mass is 10.2. The van der Waals surface area contributed by atoms with Crippen molar-refractivity contribution in [2.24, 2.45) is 0 Å². The van der Waals surface area contributed by atoms with E-state index in [2.05, 4.69) is 35.9 Å². The van der Waals surface area contributed by atoms with Gasteiger partial charge < -0.3 is 14.2 Å². The van der Waals surface area contributed by atoms with Crippen LogP contribution in [0.2, 0.25) is 0 Å². The molecule has 0 radical (unpaired) electrons. The van der Waals surface area contributed by atoms with Gasteiger partial charge in [-0.2, -0.15) is 0 Å². The van der Waals surface area contributed by atoms with Crippen LogP contribution in [0.4, 0.5) is 0 Å². The zero-order chi connectivity index (χ0) is 12.9. The summed E-state index contributed by atoms with van der Waals surface area (Å²) in [6.07, 6.45) is 4.64. The third-order valence-corrected chi connectivity index (χ3v) is 2.95. The minimum absolute atomic E-state index is 0.275. The van der Waals surface area contributed by atoms with E-state index in [1.807, 2.05) is 0 Å². The molecule has 1 unspecified atom stereocenters. The van der Waals surface area contributed by atoms with Gasteiger partial charge in [0.25, 0.3) is 0 Å². The molecule has 0 aliphatic carbocycles. The molecule has 3 nitrogen and oxygen atoms in total. The third kappa shape index (κ3) is 12.3. The normalized spacial score (nSPS) is 12.5. The van der Waals surface area contributed by atoms with Gasteiger partial charge in [-0.1, -0.05) is 27.6 Å². The Balaban J connectivity index is 3.44. The molecular weight excluding hydrogens is 284 g/mol. The van der Waals surface area contributed by atoms with E-state index in [-0.39, 0.29) is 6.10 Å². The molecule has 17 heavy (non-hydrogen) atoms. The fourth-order valence-electron chi connectivity index (χ4n) is 1.28. The first-order valence-electron chi connectivity index (χ1n) is 6.08. The maximum atomic E-state index is 5.71. The molecular formula is C13H25BrO3. The number of rotatable bonds is 11. The van der Waals surface area contributed by atoms with E-state index in [0.29, 0.717) is 26.4 Å². The Hall–Kier alpha value is 0.100. The second-order valence-electron chi connectivity index (χ2n) is 4.11. The Labute approximate surface area is 114 Å². The van der Waals surface area contributed by atoms with E-state index in [4.69, 9.17) is 14.2 Å². The fraction of sp³-hybridized carbons (Fsp3) is 0.846. The minimum atomic E-state index is 0.275. The van der Waals surface area contributed by atoms with Gasteiger partial charge in [0.05, 0.1) is 32.5 Å². The van der Waals surface area contributed by atoms with Crippen molar-refractivity contribution in [1.82, 2.24) is 0 Å². The number of halogens is 1. The number of hydrogen-bond donors (Lipinski definition) is 0. The maximum absolute atomic E-state index is 5.71. The fourth-order valence-corrected chi connectivity index (χ4v) is 1.79. The van der Waals surface area contributed by atoms with Crippen LogP contribution in [0.1, 0.15) is 26.7 Å². The number of alkyl halides is 1. The number of ether oxygens (including phenoxy) is 3. The maximum Gasteiger partial charge on any atom is 0.0704 e. The topological polar surface area (TPSA) is 27.7 Å². The van der Waals surface area contributed by atoms with Crippen molar-refractivity contribution in [2.45, 2.75) is 32.8 Å². The van der Waals surface area contributed by atoms with Gasteiger partial charge >= 0.3 is 0 Å². The van der Waals surface area contributed by atoms with Crippen molar-refractivity contribution in [3.8, 4) is 0 Å². The Bertz CT molecular complexity index is 191. The minimum Gasteiger partial charge on any atom is -0.382 e. The predicted octanol–water partition coefficient (Wildman–Crippen LogP) is 3.18. The number of methoxy groups -OCH3 is 1. The lowest BCUT2D eigenvalue weighted by Gasteiger charge is -2.14. The third-order valence-electron chi connectivity index (χ3n) is 2.23. The van der Waals surface area contributed by atoms with Crippen LogP contribution >= 0.6 is 15.9 Å². The summed E-state index contributed by atoms with van der Waals surface area (Å²) in [7, 11) is 1.67. The van der Waals surface area contributed by atoms with E-state index in [0.717, 1.165) is 18.2 Å². The second-order valence-corrected chi connectivity index (χ2v) is 4.76. The Morgan fingerprint density at radius 1 is 1.18 bits per heavy atom. The molecule has 0 aromatic heterocycles. The van der Waals surface area contributed by atoms with E-state index in [1.165, 1.54) is 5.57 Å². The van der Waals surface area contributed by atoms with Crippen LogP contribution in [0.15, 0.2) is 11.6 Å². The van der Waals surface area contributed by atoms with Gasteiger partial charge in [0.2, 0.25) is 0 Å². The van der Waals surface area contributed by atoms with Crippen molar-refractivity contribution >= 4 is 15.9 Å². The van der Waals surface area contributed by atoms with Gasteiger partial charge in [-0.3, -0.25) is 0 Å². The molecule has 0 saturated carbocycles. The van der Waals surface area contributed by atoms with Gasteiger partial charge in [-0.05, 0) is 26.7 Å². The second kappa shape index (κ2) is 12.6. The van der Waals surface area contributed by atoms with Crippen molar-refractivity contribution in [2.75, 3.05) is 38.9 Å². The summed E-state index contributed by atoms with van der Waals surface area (Å²) in [5.41, 5.74) is 1.36. The van der Waals surface area contributed by atoms with Gasteiger partial charge in [-0.25, -0.2) is 0 Å². The van der Waals surface area contributed by atoms with Crippen molar-refractivity contribution in [1.29, 1.82) is 0 Å². The molecule has 0 spiro atoms. The summed E-state index contributed by atoms with van der Waals surface area (Å²) < 4.78 is 15.9. The summed E-state index contributed by atoms with van der Waals surface area (Å²) in [5.74, 6) is 0. The molecule has 0 aliphatic heterocycles. The molecule has 102 valence electrons. The molecule has 0 aromatic carbocycles. The average Bonchev–Trinajstić information content (AvgIpc) is 2.30. The van der Waals surface area contributed by atoms with Gasteiger partial charge in [0.15, 0.2) is 0 Å². The highest BCUT2D eigenvalue weighted by atomic mass is 79.9. The van der Waals surface area contributed by atoms with Crippen LogP contribution in [0.5, 0.6) is 0 Å². The van der Waals surface area contributed by atoms with Gasteiger partial charge in [-0.15, -0.1) is 0 Å². The molecule has 0 rings (SSSR count). The molecule has 0 saturated heterocycles. The lowest BCUT2D eigenvalue weighted by molar-refractivity contribution is -0.000523. The largest absolute Gasteiger partial charge is 0.382 e. The highest BCUT2D eigenvalue weighted by Gasteiger charge is 2.05. The summed E-state index contributed by atoms with van der Waals surface area (Å²) in [6, 6.07) is 0.